The molecule has 2 unspecified atom stereocenters. The quantitative estimate of drug-likeness (QED) is 0.181. The van der Waals surface area contributed by atoms with Crippen LogP contribution in [0.4, 0.5) is 5.69 Å². The molecule has 2 N–H and O–H groups in total. The minimum absolute atomic E-state index is 0.0707. The van der Waals surface area contributed by atoms with Gasteiger partial charge in [-0.3, -0.25) is 0 Å². The molecule has 3 aliphatic carbocycles. The molecule has 0 fully saturated rings. The van der Waals surface area contributed by atoms with E-state index in [1.165, 1.54) is 88.1 Å². The Morgan fingerprint density at radius 1 is 0.566 bits per heavy atom. The molecule has 0 radical (unpaired) electrons. The lowest BCUT2D eigenvalue weighted by Gasteiger charge is -2.23. The summed E-state index contributed by atoms with van der Waals surface area (Å²) >= 11 is 0. The van der Waals surface area contributed by atoms with Gasteiger partial charge in [0, 0.05) is 61.5 Å². The van der Waals surface area contributed by atoms with Crippen LogP contribution in [0.1, 0.15) is 59.4 Å². The van der Waals surface area contributed by atoms with E-state index in [1.807, 2.05) is 6.07 Å². The average molecular weight is 682 g/mol. The molecule has 2 heterocycles. The maximum atomic E-state index is 5.89. The highest BCUT2D eigenvalue weighted by atomic mass is 15.1. The third-order valence-corrected chi connectivity index (χ3v) is 12.2. The molecule has 254 valence electrons. The number of hydrogen-bond donors (Lipinski definition) is 1. The van der Waals surface area contributed by atoms with Crippen molar-refractivity contribution < 1.29 is 0 Å². The smallest absolute Gasteiger partial charge is 0.0855 e. The molecule has 12 rings (SSSR count). The summed E-state index contributed by atoms with van der Waals surface area (Å²) in [6.45, 7) is 4.52. The molecular formula is C50H39N3. The number of fused-ring (bicyclic) bond motifs is 12. The Labute approximate surface area is 309 Å². The largest absolute Gasteiger partial charge is 0.399 e. The molecule has 3 nitrogen and oxygen atoms in total. The Morgan fingerprint density at radius 2 is 1.17 bits per heavy atom. The topological polar surface area (TPSA) is 35.9 Å². The van der Waals surface area contributed by atoms with E-state index in [0.29, 0.717) is 6.04 Å². The summed E-state index contributed by atoms with van der Waals surface area (Å²) in [7, 11) is 0. The number of nitrogens with two attached hydrogens (primary N) is 1. The van der Waals surface area contributed by atoms with Gasteiger partial charge in [-0.15, -0.1) is 0 Å². The van der Waals surface area contributed by atoms with Gasteiger partial charge in [-0.25, -0.2) is 0 Å². The van der Waals surface area contributed by atoms with Crippen molar-refractivity contribution in [3.8, 4) is 11.1 Å². The number of allylic oxidation sites excluding steroid dienone is 1. The number of anilines is 1. The van der Waals surface area contributed by atoms with Crippen LogP contribution in [0, 0.1) is 0 Å². The number of rotatable bonds is 2. The lowest BCUT2D eigenvalue weighted by atomic mass is 9.82. The van der Waals surface area contributed by atoms with Crippen LogP contribution in [0.3, 0.4) is 0 Å². The second-order valence-corrected chi connectivity index (χ2v) is 15.5. The van der Waals surface area contributed by atoms with Crippen LogP contribution in [0.2, 0.25) is 0 Å². The lowest BCUT2D eigenvalue weighted by Crippen LogP contribution is -2.16. The Morgan fingerprint density at radius 3 is 1.92 bits per heavy atom. The van der Waals surface area contributed by atoms with Crippen LogP contribution in [-0.4, -0.2) is 9.13 Å². The predicted octanol–water partition coefficient (Wildman–Crippen LogP) is 12.2. The summed E-state index contributed by atoms with van der Waals surface area (Å²) in [5, 5.41) is 6.74. The fraction of sp³-hybridized carbons (Fsp3) is 0.120. The molecular weight excluding hydrogens is 643 g/mol. The maximum absolute atomic E-state index is 5.89. The zero-order valence-corrected chi connectivity index (χ0v) is 29.9. The SMILES string of the molecule is C1=CC(n2c3ccccc3c3ccccc32)Cc2c1c1ccccc1n2C1c2ccc3ccccc3c21.CC1(C)c2ccccc2-c2ccc(N)cc21. The third-order valence-electron chi connectivity index (χ3n) is 12.2. The molecule has 0 saturated heterocycles. The lowest BCUT2D eigenvalue weighted by molar-refractivity contribution is 0.601. The van der Waals surface area contributed by atoms with E-state index < -0.39 is 0 Å². The average Bonchev–Trinajstić information content (AvgIpc) is 3.60. The van der Waals surface area contributed by atoms with Gasteiger partial charge in [0.25, 0.3) is 0 Å². The first-order valence-electron chi connectivity index (χ1n) is 18.8. The standard InChI is InChI=1S/C35H24N2.C15H15N/c1-2-10-24-22(9-1)17-19-29-34(24)35(29)37-32-16-8-5-13-27(32)28-20-18-23(21-33(28)37)36-30-14-6-3-11-25(30)26-12-4-7-15-31(26)36;1-15(2)13-6-4-3-5-11(13)12-8-7-10(16)9-14(12)15/h1-20,23,35H,21H2;3-9H,16H2,1-2H3. The first-order valence-corrected chi connectivity index (χ1v) is 18.8. The molecule has 0 spiro atoms. The van der Waals surface area contributed by atoms with Gasteiger partial charge in [-0.1, -0.05) is 147 Å². The normalized spacial score (nSPS) is 17.3. The number of nitrogens with zero attached hydrogens (tertiary/aromatic N) is 2. The van der Waals surface area contributed by atoms with Gasteiger partial charge in [-0.05, 0) is 74.5 Å². The third kappa shape index (κ3) is 4.34. The van der Waals surface area contributed by atoms with E-state index in [-0.39, 0.29) is 11.5 Å². The maximum Gasteiger partial charge on any atom is 0.0855 e. The predicted molar refractivity (Wildman–Crippen MR) is 223 cm³/mol. The van der Waals surface area contributed by atoms with Crippen LogP contribution in [0.5, 0.6) is 0 Å². The van der Waals surface area contributed by atoms with Crippen LogP contribution in [0.15, 0.2) is 158 Å². The van der Waals surface area contributed by atoms with Crippen molar-refractivity contribution in [1.82, 2.24) is 9.13 Å². The fourth-order valence-corrected chi connectivity index (χ4v) is 9.76. The molecule has 2 atom stereocenters. The Hall–Kier alpha value is -6.32. The highest BCUT2D eigenvalue weighted by molar-refractivity contribution is 6.08. The molecule has 3 aliphatic rings. The summed E-state index contributed by atoms with van der Waals surface area (Å²) in [6, 6.07) is 55.5. The molecule has 2 aromatic heterocycles. The molecule has 53 heavy (non-hydrogen) atoms. The monoisotopic (exact) mass is 681 g/mol. The second kappa shape index (κ2) is 11.1. The van der Waals surface area contributed by atoms with Crippen LogP contribution in [-0.2, 0) is 11.8 Å². The van der Waals surface area contributed by atoms with Crippen molar-refractivity contribution in [3.63, 3.8) is 0 Å². The number of nitrogen functional groups attached to an aromatic ring is 1. The Bertz CT molecular complexity index is 2930. The van der Waals surface area contributed by atoms with E-state index >= 15 is 0 Å². The van der Waals surface area contributed by atoms with E-state index in [2.05, 4.69) is 181 Å². The van der Waals surface area contributed by atoms with Crippen molar-refractivity contribution in [3.05, 3.63) is 191 Å². The highest BCUT2D eigenvalue weighted by Crippen LogP contribution is 2.53. The number of aromatic nitrogens is 2. The molecule has 0 aliphatic heterocycles. The van der Waals surface area contributed by atoms with Gasteiger partial charge in [-0.2, -0.15) is 0 Å². The summed E-state index contributed by atoms with van der Waals surface area (Å²) in [5.41, 5.74) is 22.0. The number of benzene rings is 7. The summed E-state index contributed by atoms with van der Waals surface area (Å²) in [5.74, 6) is 0. The van der Waals surface area contributed by atoms with Crippen LogP contribution >= 0.6 is 0 Å². The first-order chi connectivity index (χ1) is 26.0. The molecule has 0 amide bonds. The van der Waals surface area contributed by atoms with Crippen molar-refractivity contribution in [1.29, 1.82) is 0 Å². The van der Waals surface area contributed by atoms with Crippen molar-refractivity contribution in [2.45, 2.75) is 37.8 Å². The van der Waals surface area contributed by atoms with Gasteiger partial charge >= 0.3 is 0 Å². The van der Waals surface area contributed by atoms with Crippen LogP contribution < -0.4 is 5.73 Å². The van der Waals surface area contributed by atoms with Crippen molar-refractivity contribution in [2.75, 3.05) is 5.73 Å². The number of hydrogen-bond acceptors (Lipinski definition) is 1. The van der Waals surface area contributed by atoms with Gasteiger partial charge in [0.1, 0.15) is 0 Å². The van der Waals surface area contributed by atoms with Gasteiger partial charge < -0.3 is 14.9 Å². The minimum atomic E-state index is 0.0707. The zero-order chi connectivity index (χ0) is 35.4. The van der Waals surface area contributed by atoms with Crippen LogP contribution in [0.25, 0.3) is 60.7 Å². The van der Waals surface area contributed by atoms with E-state index in [9.17, 15) is 0 Å². The minimum Gasteiger partial charge on any atom is -0.399 e. The summed E-state index contributed by atoms with van der Waals surface area (Å²) in [4.78, 5) is 0. The number of para-hydroxylation sites is 3. The molecule has 3 heteroatoms. The highest BCUT2D eigenvalue weighted by Gasteiger charge is 2.40. The van der Waals surface area contributed by atoms with E-state index in [0.717, 1.165) is 12.1 Å². The molecule has 7 aromatic carbocycles. The van der Waals surface area contributed by atoms with Gasteiger partial charge in [0.05, 0.1) is 12.1 Å². The van der Waals surface area contributed by atoms with Gasteiger partial charge in [0.15, 0.2) is 0 Å². The Balaban J connectivity index is 0.000000173. The first kappa shape index (κ1) is 30.3. The van der Waals surface area contributed by atoms with E-state index in [4.69, 9.17) is 5.73 Å². The molecule has 9 aromatic rings. The summed E-state index contributed by atoms with van der Waals surface area (Å²) in [6.07, 6.45) is 5.79. The van der Waals surface area contributed by atoms with Crippen molar-refractivity contribution >= 4 is 55.2 Å². The Kier molecular flexibility index (Phi) is 6.34. The second-order valence-electron chi connectivity index (χ2n) is 15.5. The molecule has 0 saturated carbocycles. The van der Waals surface area contributed by atoms with Crippen molar-refractivity contribution in [2.24, 2.45) is 0 Å². The molecule has 0 bridgehead atoms. The van der Waals surface area contributed by atoms with E-state index in [1.54, 1.807) is 0 Å². The summed E-state index contributed by atoms with van der Waals surface area (Å²) < 4.78 is 5.20. The fourth-order valence-electron chi connectivity index (χ4n) is 9.76. The zero-order valence-electron chi connectivity index (χ0n) is 29.9. The van der Waals surface area contributed by atoms with Gasteiger partial charge in [0.2, 0.25) is 0 Å².